The van der Waals surface area contributed by atoms with Crippen LogP contribution in [0.3, 0.4) is 0 Å². The maximum Gasteiger partial charge on any atom is 0.128 e. The zero-order valence-electron chi connectivity index (χ0n) is 13.5. The smallest absolute Gasteiger partial charge is 0.128 e. The van der Waals surface area contributed by atoms with Gasteiger partial charge in [0, 0.05) is 49.4 Å². The van der Waals surface area contributed by atoms with Crippen LogP contribution in [0.5, 0.6) is 0 Å². The summed E-state index contributed by atoms with van der Waals surface area (Å²) >= 11 is 0. The number of H-pyrrole nitrogens is 1. The Morgan fingerprint density at radius 2 is 2.22 bits per heavy atom. The molecule has 0 bridgehead atoms. The Balaban J connectivity index is 1.55. The van der Waals surface area contributed by atoms with Gasteiger partial charge < -0.3 is 4.98 Å². The van der Waals surface area contributed by atoms with Gasteiger partial charge >= 0.3 is 0 Å². The Kier molecular flexibility index (Phi) is 3.83. The maximum absolute atomic E-state index is 4.79. The van der Waals surface area contributed by atoms with E-state index >= 15 is 0 Å². The fourth-order valence-electron chi connectivity index (χ4n) is 3.41. The molecule has 0 saturated carbocycles. The molecule has 4 heteroatoms. The predicted octanol–water partition coefficient (Wildman–Crippen LogP) is 3.47. The fourth-order valence-corrected chi connectivity index (χ4v) is 3.41. The molecule has 0 atom stereocenters. The Bertz CT molecular complexity index is 821. The summed E-state index contributed by atoms with van der Waals surface area (Å²) in [5.74, 6) is 0.987. The van der Waals surface area contributed by atoms with Crippen LogP contribution < -0.4 is 0 Å². The highest BCUT2D eigenvalue weighted by Crippen LogP contribution is 2.23. The second-order valence-corrected chi connectivity index (χ2v) is 6.32. The molecular weight excluding hydrogens is 284 g/mol. The molecule has 23 heavy (non-hydrogen) atoms. The van der Waals surface area contributed by atoms with Crippen LogP contribution in [0.25, 0.3) is 10.9 Å². The van der Waals surface area contributed by atoms with Crippen molar-refractivity contribution in [3.05, 3.63) is 59.3 Å². The van der Waals surface area contributed by atoms with Crippen LogP contribution in [-0.4, -0.2) is 26.4 Å². The summed E-state index contributed by atoms with van der Waals surface area (Å²) in [6.45, 7) is 5.15. The quantitative estimate of drug-likeness (QED) is 0.803. The van der Waals surface area contributed by atoms with Crippen LogP contribution in [-0.2, 0) is 25.9 Å². The minimum absolute atomic E-state index is 0.926. The van der Waals surface area contributed by atoms with Gasteiger partial charge in [0.2, 0.25) is 0 Å². The normalized spacial score (nSPS) is 15.0. The highest BCUT2D eigenvalue weighted by atomic mass is 15.1. The van der Waals surface area contributed by atoms with Crippen molar-refractivity contribution in [1.29, 1.82) is 0 Å². The molecule has 0 spiro atoms. The molecule has 0 fully saturated rings. The molecule has 1 aromatic carbocycles. The molecule has 0 aliphatic carbocycles. The largest absolute Gasteiger partial charge is 0.361 e. The van der Waals surface area contributed by atoms with E-state index in [1.807, 2.05) is 12.4 Å². The summed E-state index contributed by atoms with van der Waals surface area (Å²) in [4.78, 5) is 15.1. The molecule has 3 aromatic rings. The molecule has 1 aliphatic rings. The number of hydrogen-bond donors (Lipinski definition) is 1. The number of benzene rings is 1. The summed E-state index contributed by atoms with van der Waals surface area (Å²) in [5, 5.41) is 1.33. The van der Waals surface area contributed by atoms with E-state index in [1.165, 1.54) is 27.7 Å². The Morgan fingerprint density at radius 1 is 1.26 bits per heavy atom. The molecule has 4 nitrogen and oxygen atoms in total. The van der Waals surface area contributed by atoms with E-state index in [-0.39, 0.29) is 0 Å². The molecule has 3 heterocycles. The van der Waals surface area contributed by atoms with Gasteiger partial charge in [0.15, 0.2) is 0 Å². The Labute approximate surface area is 136 Å². The van der Waals surface area contributed by atoms with Gasteiger partial charge in [-0.3, -0.25) is 4.90 Å². The van der Waals surface area contributed by atoms with Gasteiger partial charge in [-0.05, 0) is 36.1 Å². The van der Waals surface area contributed by atoms with Crippen molar-refractivity contribution in [3.8, 4) is 0 Å². The molecule has 4 rings (SSSR count). The fraction of sp³-hybridized carbons (Fsp3) is 0.368. The van der Waals surface area contributed by atoms with E-state index in [2.05, 4.69) is 46.1 Å². The van der Waals surface area contributed by atoms with Crippen molar-refractivity contribution in [3.63, 3.8) is 0 Å². The summed E-state index contributed by atoms with van der Waals surface area (Å²) in [6, 6.07) is 8.67. The second-order valence-electron chi connectivity index (χ2n) is 6.32. The summed E-state index contributed by atoms with van der Waals surface area (Å²) in [7, 11) is 0. The first kappa shape index (κ1) is 14.4. The number of nitrogens with one attached hydrogen (secondary N) is 1. The Hall–Kier alpha value is -2.20. The Morgan fingerprint density at radius 3 is 3.13 bits per heavy atom. The zero-order valence-corrected chi connectivity index (χ0v) is 13.5. The van der Waals surface area contributed by atoms with Crippen molar-refractivity contribution in [1.82, 2.24) is 19.9 Å². The average Bonchev–Trinajstić information content (AvgIpc) is 3.05. The van der Waals surface area contributed by atoms with E-state index in [1.54, 1.807) is 0 Å². The van der Waals surface area contributed by atoms with Gasteiger partial charge in [0.1, 0.15) is 5.82 Å². The second kappa shape index (κ2) is 6.13. The lowest BCUT2D eigenvalue weighted by atomic mass is 10.0. The summed E-state index contributed by atoms with van der Waals surface area (Å²) in [5.41, 5.74) is 5.14. The first-order valence-electron chi connectivity index (χ1n) is 8.44. The van der Waals surface area contributed by atoms with Gasteiger partial charge in [0.05, 0.1) is 5.69 Å². The topological polar surface area (TPSA) is 44.8 Å². The van der Waals surface area contributed by atoms with Crippen LogP contribution in [0.1, 0.15) is 36.0 Å². The molecule has 2 aromatic heterocycles. The lowest BCUT2D eigenvalue weighted by molar-refractivity contribution is 0.241. The summed E-state index contributed by atoms with van der Waals surface area (Å²) < 4.78 is 0. The lowest BCUT2D eigenvalue weighted by Gasteiger charge is -2.28. The molecule has 0 amide bonds. The molecule has 1 N–H and O–H groups in total. The van der Waals surface area contributed by atoms with Crippen molar-refractivity contribution >= 4 is 10.9 Å². The van der Waals surface area contributed by atoms with Crippen LogP contribution in [0.4, 0.5) is 0 Å². The van der Waals surface area contributed by atoms with Crippen molar-refractivity contribution in [2.75, 3.05) is 6.54 Å². The standard InChI is InChI=1S/C19H22N4/c1-2-4-19-21-11-14-8-10-23(13-18(14)22-19)12-15-5-3-6-17-16(15)7-9-20-17/h3,5-7,9,11,20H,2,4,8,10,12-13H2,1H3. The molecular formula is C19H22N4. The molecule has 0 saturated heterocycles. The summed E-state index contributed by atoms with van der Waals surface area (Å²) in [6.07, 6.45) is 7.17. The average molecular weight is 306 g/mol. The van der Waals surface area contributed by atoms with Gasteiger partial charge in [-0.2, -0.15) is 0 Å². The number of aryl methyl sites for hydroxylation is 1. The van der Waals surface area contributed by atoms with Gasteiger partial charge in [-0.1, -0.05) is 19.1 Å². The minimum atomic E-state index is 0.926. The van der Waals surface area contributed by atoms with Gasteiger partial charge in [0.25, 0.3) is 0 Å². The lowest BCUT2D eigenvalue weighted by Crippen LogP contribution is -2.31. The zero-order chi connectivity index (χ0) is 15.6. The molecule has 0 radical (unpaired) electrons. The van der Waals surface area contributed by atoms with E-state index in [4.69, 9.17) is 4.98 Å². The number of rotatable bonds is 4. The SMILES string of the molecule is CCCc1ncc2c(n1)CN(Cc1cccc3[nH]ccc13)CC2. The van der Waals surface area contributed by atoms with Crippen LogP contribution in [0.2, 0.25) is 0 Å². The number of fused-ring (bicyclic) bond motifs is 2. The highest BCUT2D eigenvalue weighted by molar-refractivity contribution is 5.82. The number of hydrogen-bond acceptors (Lipinski definition) is 3. The first-order valence-corrected chi connectivity index (χ1v) is 8.44. The third-order valence-corrected chi connectivity index (χ3v) is 4.63. The first-order chi connectivity index (χ1) is 11.3. The number of aromatic amines is 1. The van der Waals surface area contributed by atoms with Crippen molar-refractivity contribution in [2.24, 2.45) is 0 Å². The maximum atomic E-state index is 4.79. The molecule has 118 valence electrons. The predicted molar refractivity (Wildman–Crippen MR) is 92.1 cm³/mol. The van der Waals surface area contributed by atoms with E-state index in [9.17, 15) is 0 Å². The van der Waals surface area contributed by atoms with Crippen LogP contribution in [0, 0.1) is 0 Å². The van der Waals surface area contributed by atoms with Crippen LogP contribution >= 0.6 is 0 Å². The van der Waals surface area contributed by atoms with E-state index in [0.717, 1.165) is 44.7 Å². The number of aromatic nitrogens is 3. The van der Waals surface area contributed by atoms with Gasteiger partial charge in [-0.25, -0.2) is 9.97 Å². The molecule has 1 aliphatic heterocycles. The monoisotopic (exact) mass is 306 g/mol. The van der Waals surface area contributed by atoms with Gasteiger partial charge in [-0.15, -0.1) is 0 Å². The number of nitrogens with zero attached hydrogens (tertiary/aromatic N) is 3. The third-order valence-electron chi connectivity index (χ3n) is 4.63. The van der Waals surface area contributed by atoms with Crippen molar-refractivity contribution in [2.45, 2.75) is 39.3 Å². The van der Waals surface area contributed by atoms with Crippen LogP contribution in [0.15, 0.2) is 36.7 Å². The van der Waals surface area contributed by atoms with E-state index < -0.39 is 0 Å². The highest BCUT2D eigenvalue weighted by Gasteiger charge is 2.19. The molecule has 0 unspecified atom stereocenters. The van der Waals surface area contributed by atoms with E-state index in [0.29, 0.717) is 0 Å². The third kappa shape index (κ3) is 2.86. The van der Waals surface area contributed by atoms with Crippen molar-refractivity contribution < 1.29 is 0 Å². The minimum Gasteiger partial charge on any atom is -0.361 e.